The maximum Gasteiger partial charge on any atom is 0.305 e. The molecule has 0 saturated carbocycles. The quantitative estimate of drug-likeness (QED) is 0.232. The maximum atomic E-state index is 12.7. The number of carbonyl (C=O) groups excluding carboxylic acids is 2. The van der Waals surface area contributed by atoms with Gasteiger partial charge in [0.15, 0.2) is 11.5 Å². The van der Waals surface area contributed by atoms with Crippen molar-refractivity contribution < 1.29 is 23.8 Å². The number of esters is 1. The highest BCUT2D eigenvalue weighted by molar-refractivity contribution is 8.26. The smallest absolute Gasteiger partial charge is 0.305 e. The molecule has 1 fully saturated rings. The largest absolute Gasteiger partial charge is 0.466 e. The van der Waals surface area contributed by atoms with E-state index in [0.717, 1.165) is 37.7 Å². The fraction of sp³-hybridized carbons (Fsp3) is 0.476. The van der Waals surface area contributed by atoms with Gasteiger partial charge in [-0.15, -0.1) is 0 Å². The Hall–Kier alpha value is -2.06. The summed E-state index contributed by atoms with van der Waals surface area (Å²) in [7, 11) is 0. The molecular weight excluding hydrogens is 410 g/mol. The molecule has 29 heavy (non-hydrogen) atoms. The summed E-state index contributed by atoms with van der Waals surface area (Å²) in [5, 5.41) is 0. The lowest BCUT2D eigenvalue weighted by molar-refractivity contribution is -0.143. The number of carbonyl (C=O) groups is 2. The average Bonchev–Trinajstić information content (AvgIpc) is 3.27. The fourth-order valence-corrected chi connectivity index (χ4v) is 4.27. The predicted molar refractivity (Wildman–Crippen MR) is 117 cm³/mol. The van der Waals surface area contributed by atoms with Crippen molar-refractivity contribution in [2.75, 3.05) is 19.9 Å². The molecule has 0 aliphatic carbocycles. The molecule has 6 nitrogen and oxygen atoms in total. The van der Waals surface area contributed by atoms with Gasteiger partial charge in [-0.1, -0.05) is 49.8 Å². The zero-order valence-electron chi connectivity index (χ0n) is 16.5. The third-order valence-corrected chi connectivity index (χ3v) is 5.97. The van der Waals surface area contributed by atoms with Crippen LogP contribution in [0.25, 0.3) is 6.08 Å². The van der Waals surface area contributed by atoms with Gasteiger partial charge in [-0.3, -0.25) is 14.5 Å². The Labute approximate surface area is 180 Å². The van der Waals surface area contributed by atoms with Gasteiger partial charge in [0.25, 0.3) is 5.91 Å². The van der Waals surface area contributed by atoms with Crippen LogP contribution in [-0.4, -0.2) is 41.0 Å². The van der Waals surface area contributed by atoms with E-state index < -0.39 is 0 Å². The van der Waals surface area contributed by atoms with Crippen LogP contribution >= 0.6 is 24.0 Å². The Kier molecular flexibility index (Phi) is 7.94. The van der Waals surface area contributed by atoms with E-state index in [9.17, 15) is 9.59 Å². The second-order valence-corrected chi connectivity index (χ2v) is 8.51. The van der Waals surface area contributed by atoms with Gasteiger partial charge >= 0.3 is 5.97 Å². The standard InChI is InChI=1S/C21H25NO5S2/c1-2-3-11-25-19(23)7-5-4-6-10-22-20(24)18(29-21(22)28)13-15-8-9-16-17(12-15)27-14-26-16/h8-9,12-13H,2-7,10-11,14H2,1H3. The lowest BCUT2D eigenvalue weighted by Gasteiger charge is -2.14. The van der Waals surface area contributed by atoms with E-state index in [2.05, 4.69) is 6.92 Å². The third-order valence-electron chi connectivity index (χ3n) is 4.59. The van der Waals surface area contributed by atoms with Crippen molar-refractivity contribution in [3.05, 3.63) is 28.7 Å². The second-order valence-electron chi connectivity index (χ2n) is 6.83. The number of nitrogens with zero attached hydrogens (tertiary/aromatic N) is 1. The van der Waals surface area contributed by atoms with Gasteiger partial charge in [-0.25, -0.2) is 0 Å². The molecule has 1 aromatic carbocycles. The van der Waals surface area contributed by atoms with E-state index in [1.165, 1.54) is 11.8 Å². The summed E-state index contributed by atoms with van der Waals surface area (Å²) in [6.07, 6.45) is 6.57. The van der Waals surface area contributed by atoms with Gasteiger partial charge in [0.1, 0.15) is 4.32 Å². The van der Waals surface area contributed by atoms with Crippen molar-refractivity contribution in [2.24, 2.45) is 0 Å². The zero-order valence-corrected chi connectivity index (χ0v) is 18.1. The van der Waals surface area contributed by atoms with E-state index in [4.69, 9.17) is 26.4 Å². The molecule has 0 N–H and O–H groups in total. The monoisotopic (exact) mass is 435 g/mol. The number of thiocarbonyl (C=S) groups is 1. The van der Waals surface area contributed by atoms with Crippen molar-refractivity contribution in [3.8, 4) is 11.5 Å². The van der Waals surface area contributed by atoms with E-state index in [0.29, 0.717) is 40.3 Å². The molecule has 8 heteroatoms. The highest BCUT2D eigenvalue weighted by Crippen LogP contribution is 2.36. The second kappa shape index (κ2) is 10.6. The number of benzene rings is 1. The van der Waals surface area contributed by atoms with E-state index in [-0.39, 0.29) is 18.7 Å². The first-order valence-corrected chi connectivity index (χ1v) is 11.1. The van der Waals surface area contributed by atoms with Crippen LogP contribution in [0.5, 0.6) is 11.5 Å². The van der Waals surface area contributed by atoms with Crippen molar-refractivity contribution in [2.45, 2.75) is 45.4 Å². The Balaban J connectivity index is 1.44. The topological polar surface area (TPSA) is 65.1 Å². The Morgan fingerprint density at radius 2 is 2.07 bits per heavy atom. The summed E-state index contributed by atoms with van der Waals surface area (Å²) < 4.78 is 16.4. The number of rotatable bonds is 10. The molecule has 3 rings (SSSR count). The van der Waals surface area contributed by atoms with Crippen molar-refractivity contribution in [1.82, 2.24) is 4.90 Å². The van der Waals surface area contributed by atoms with Gasteiger partial charge in [0, 0.05) is 13.0 Å². The molecule has 1 aromatic rings. The molecule has 0 radical (unpaired) electrons. The van der Waals surface area contributed by atoms with Crippen LogP contribution in [0.3, 0.4) is 0 Å². The first-order chi connectivity index (χ1) is 14.1. The fourth-order valence-electron chi connectivity index (χ4n) is 2.97. The normalized spacial score (nSPS) is 16.7. The predicted octanol–water partition coefficient (Wildman–Crippen LogP) is 4.52. The molecule has 1 amide bonds. The van der Waals surface area contributed by atoms with E-state index in [1.54, 1.807) is 4.90 Å². The highest BCUT2D eigenvalue weighted by Gasteiger charge is 2.31. The minimum absolute atomic E-state index is 0.0726. The molecule has 2 aliphatic rings. The summed E-state index contributed by atoms with van der Waals surface area (Å²) in [5.41, 5.74) is 0.872. The number of amides is 1. The van der Waals surface area contributed by atoms with Gasteiger partial charge in [-0.05, 0) is 43.0 Å². The van der Waals surface area contributed by atoms with Gasteiger partial charge < -0.3 is 14.2 Å². The minimum atomic E-state index is -0.143. The van der Waals surface area contributed by atoms with Crippen LogP contribution in [0, 0.1) is 0 Å². The molecule has 0 unspecified atom stereocenters. The molecule has 1 saturated heterocycles. The molecule has 2 aliphatic heterocycles. The summed E-state index contributed by atoms with van der Waals surface area (Å²) >= 11 is 6.69. The molecule has 0 atom stereocenters. The number of hydrogen-bond donors (Lipinski definition) is 0. The van der Waals surface area contributed by atoms with Crippen molar-refractivity contribution in [3.63, 3.8) is 0 Å². The average molecular weight is 436 g/mol. The lowest BCUT2D eigenvalue weighted by atomic mass is 10.1. The van der Waals surface area contributed by atoms with E-state index >= 15 is 0 Å². The highest BCUT2D eigenvalue weighted by atomic mass is 32.2. The Bertz CT molecular complexity index is 808. The molecular formula is C21H25NO5S2. The maximum absolute atomic E-state index is 12.7. The van der Waals surface area contributed by atoms with Crippen LogP contribution < -0.4 is 9.47 Å². The first kappa shape index (κ1) is 21.6. The van der Waals surface area contributed by atoms with Crippen LogP contribution in [0.1, 0.15) is 51.0 Å². The molecule has 0 bridgehead atoms. The Morgan fingerprint density at radius 3 is 2.90 bits per heavy atom. The number of hydrogen-bond acceptors (Lipinski definition) is 7. The molecule has 0 spiro atoms. The van der Waals surface area contributed by atoms with Gasteiger partial charge in [-0.2, -0.15) is 0 Å². The molecule has 0 aromatic heterocycles. The zero-order chi connectivity index (χ0) is 20.6. The van der Waals surface area contributed by atoms with Gasteiger partial charge in [0.05, 0.1) is 11.5 Å². The van der Waals surface area contributed by atoms with Crippen LogP contribution in [0.15, 0.2) is 23.1 Å². The lowest BCUT2D eigenvalue weighted by Crippen LogP contribution is -2.29. The summed E-state index contributed by atoms with van der Waals surface area (Å²) in [5.74, 6) is 1.18. The first-order valence-electron chi connectivity index (χ1n) is 9.89. The van der Waals surface area contributed by atoms with E-state index in [1.807, 2.05) is 24.3 Å². The SMILES string of the molecule is CCCCOC(=O)CCCCCN1C(=O)C(=Cc2ccc3c(c2)OCO3)SC1=S. The minimum Gasteiger partial charge on any atom is -0.466 e. The van der Waals surface area contributed by atoms with Crippen LogP contribution in [0.2, 0.25) is 0 Å². The number of ether oxygens (including phenoxy) is 3. The molecule has 2 heterocycles. The van der Waals surface area contributed by atoms with Crippen LogP contribution in [0.4, 0.5) is 0 Å². The van der Waals surface area contributed by atoms with Crippen molar-refractivity contribution in [1.29, 1.82) is 0 Å². The molecule has 156 valence electrons. The number of fused-ring (bicyclic) bond motifs is 1. The summed E-state index contributed by atoms with van der Waals surface area (Å²) in [6, 6.07) is 5.58. The Morgan fingerprint density at radius 1 is 1.24 bits per heavy atom. The van der Waals surface area contributed by atoms with Gasteiger partial charge in [0.2, 0.25) is 6.79 Å². The third kappa shape index (κ3) is 5.96. The number of thioether (sulfide) groups is 1. The summed E-state index contributed by atoms with van der Waals surface area (Å²) in [4.78, 5) is 26.5. The van der Waals surface area contributed by atoms with Crippen LogP contribution in [-0.2, 0) is 14.3 Å². The summed E-state index contributed by atoms with van der Waals surface area (Å²) in [6.45, 7) is 3.35. The van der Waals surface area contributed by atoms with Crippen molar-refractivity contribution >= 4 is 46.3 Å². The number of unbranched alkanes of at least 4 members (excludes halogenated alkanes) is 3.